The highest BCUT2D eigenvalue weighted by Gasteiger charge is 2.15. The molecule has 0 aromatic heterocycles. The van der Waals surface area contributed by atoms with Gasteiger partial charge >= 0.3 is 5.97 Å². The van der Waals surface area contributed by atoms with Gasteiger partial charge in [-0.1, -0.05) is 0 Å². The van der Waals surface area contributed by atoms with Crippen LogP contribution in [0.25, 0.3) is 0 Å². The van der Waals surface area contributed by atoms with Gasteiger partial charge in [0.25, 0.3) is 0 Å². The quantitative estimate of drug-likeness (QED) is 0.820. The fourth-order valence-electron chi connectivity index (χ4n) is 1.05. The third kappa shape index (κ3) is 2.12. The zero-order chi connectivity index (χ0) is 13.2. The van der Waals surface area contributed by atoms with Crippen LogP contribution in [-0.4, -0.2) is 32.4 Å². The SMILES string of the molecule is [2H]c1c(OC)c(OC)c(OC)c([2H])c1C(=O)O. The standard InChI is InChI=1S/C10H12O5/c1-13-7-4-6(10(11)12)5-8(14-2)9(7)15-3/h4-5H,1-3H3,(H,11,12)/i4D,5D. The van der Waals surface area contributed by atoms with Crippen LogP contribution in [0.5, 0.6) is 17.2 Å². The first-order chi connectivity index (χ1) is 7.99. The highest BCUT2D eigenvalue weighted by atomic mass is 16.5. The van der Waals surface area contributed by atoms with Gasteiger partial charge in [0.05, 0.1) is 29.6 Å². The Bertz CT molecular complexity index is 427. The Hall–Kier alpha value is -1.91. The summed E-state index contributed by atoms with van der Waals surface area (Å²) in [6, 6.07) is -0.828. The molecule has 0 atom stereocenters. The van der Waals surface area contributed by atoms with E-state index in [0.717, 1.165) is 0 Å². The van der Waals surface area contributed by atoms with Crippen LogP contribution in [0.1, 0.15) is 13.1 Å². The van der Waals surface area contributed by atoms with Crippen molar-refractivity contribution in [3.63, 3.8) is 0 Å². The maximum absolute atomic E-state index is 11.0. The summed E-state index contributed by atoms with van der Waals surface area (Å²) in [7, 11) is 3.88. The van der Waals surface area contributed by atoms with Crippen molar-refractivity contribution in [2.24, 2.45) is 0 Å². The number of aromatic carboxylic acids is 1. The molecule has 5 nitrogen and oxygen atoms in total. The van der Waals surface area contributed by atoms with Gasteiger partial charge in [0.2, 0.25) is 5.75 Å². The van der Waals surface area contributed by atoms with Gasteiger partial charge in [-0.2, -0.15) is 0 Å². The van der Waals surface area contributed by atoms with E-state index in [2.05, 4.69) is 0 Å². The first-order valence-electron chi connectivity index (χ1n) is 5.01. The second kappa shape index (κ2) is 4.54. The number of benzene rings is 1. The topological polar surface area (TPSA) is 65.0 Å². The molecule has 0 aliphatic carbocycles. The lowest BCUT2D eigenvalue weighted by Crippen LogP contribution is -2.01. The maximum atomic E-state index is 11.0. The van der Waals surface area contributed by atoms with E-state index in [4.69, 9.17) is 22.1 Å². The van der Waals surface area contributed by atoms with E-state index in [1.807, 2.05) is 0 Å². The van der Waals surface area contributed by atoms with Gasteiger partial charge < -0.3 is 19.3 Å². The molecule has 0 heterocycles. The lowest BCUT2D eigenvalue weighted by atomic mass is 10.2. The molecule has 1 N–H and O–H groups in total. The van der Waals surface area contributed by atoms with Crippen molar-refractivity contribution in [1.82, 2.24) is 0 Å². The average Bonchev–Trinajstić information content (AvgIpc) is 2.27. The summed E-state index contributed by atoms with van der Waals surface area (Å²) < 4.78 is 30.1. The van der Waals surface area contributed by atoms with E-state index in [9.17, 15) is 4.79 Å². The molecule has 5 heteroatoms. The van der Waals surface area contributed by atoms with Crippen molar-refractivity contribution >= 4 is 5.97 Å². The van der Waals surface area contributed by atoms with Crippen LogP contribution >= 0.6 is 0 Å². The van der Waals surface area contributed by atoms with Gasteiger partial charge in [0.1, 0.15) is 0 Å². The van der Waals surface area contributed by atoms with Crippen molar-refractivity contribution in [3.8, 4) is 17.2 Å². The second-order valence-electron chi connectivity index (χ2n) is 2.53. The Labute approximate surface area is 90.0 Å². The van der Waals surface area contributed by atoms with Crippen LogP contribution in [0, 0.1) is 0 Å². The summed E-state index contributed by atoms with van der Waals surface area (Å²) in [5.41, 5.74) is -0.487. The summed E-state index contributed by atoms with van der Waals surface area (Å²) in [6.07, 6.45) is 0. The van der Waals surface area contributed by atoms with Crippen molar-refractivity contribution in [1.29, 1.82) is 0 Å². The fourth-order valence-corrected chi connectivity index (χ4v) is 1.05. The van der Waals surface area contributed by atoms with Gasteiger partial charge in [0.15, 0.2) is 11.5 Å². The van der Waals surface area contributed by atoms with Crippen molar-refractivity contribution in [2.45, 2.75) is 0 Å². The molecule has 82 valence electrons. The zero-order valence-corrected chi connectivity index (χ0v) is 8.58. The number of carbonyl (C=O) groups is 1. The van der Waals surface area contributed by atoms with E-state index >= 15 is 0 Å². The van der Waals surface area contributed by atoms with Gasteiger partial charge in [-0.3, -0.25) is 0 Å². The average molecular weight is 214 g/mol. The largest absolute Gasteiger partial charge is 0.493 e. The molecule has 1 rings (SSSR count). The molecule has 0 bridgehead atoms. The van der Waals surface area contributed by atoms with Gasteiger partial charge in [-0.25, -0.2) is 4.79 Å². The molecule has 0 saturated carbocycles. The van der Waals surface area contributed by atoms with E-state index < -0.39 is 23.6 Å². The van der Waals surface area contributed by atoms with E-state index in [1.54, 1.807) is 0 Å². The molecule has 0 radical (unpaired) electrons. The molecule has 0 fully saturated rings. The molecule has 0 amide bonds. The first-order valence-corrected chi connectivity index (χ1v) is 4.01. The highest BCUT2D eigenvalue weighted by molar-refractivity contribution is 5.89. The van der Waals surface area contributed by atoms with Crippen LogP contribution in [0.4, 0.5) is 0 Å². The number of hydrogen-bond donors (Lipinski definition) is 1. The van der Waals surface area contributed by atoms with Crippen LogP contribution in [0.3, 0.4) is 0 Å². The second-order valence-corrected chi connectivity index (χ2v) is 2.53. The van der Waals surface area contributed by atoms with Crippen molar-refractivity contribution in [3.05, 3.63) is 17.6 Å². The molecule has 1 aromatic rings. The summed E-state index contributed by atoms with van der Waals surface area (Å²) in [5, 5.41) is 8.96. The Kier molecular flexibility index (Phi) is 2.55. The molecule has 1 aromatic carbocycles. The summed E-state index contributed by atoms with van der Waals surface area (Å²) in [5.74, 6) is -1.50. The fraction of sp³-hybridized carbons (Fsp3) is 0.300. The molecule has 0 aliphatic rings. The number of rotatable bonds is 4. The van der Waals surface area contributed by atoms with Crippen molar-refractivity contribution < 1.29 is 26.9 Å². The Morgan fingerprint density at radius 3 is 1.93 bits per heavy atom. The molecule has 0 unspecified atom stereocenters. The predicted molar refractivity (Wildman–Crippen MR) is 53.1 cm³/mol. The number of methoxy groups -OCH3 is 3. The summed E-state index contributed by atoms with van der Waals surface area (Å²) >= 11 is 0. The van der Waals surface area contributed by atoms with E-state index in [-0.39, 0.29) is 17.2 Å². The number of carboxylic acids is 1. The van der Waals surface area contributed by atoms with Crippen LogP contribution in [-0.2, 0) is 0 Å². The lowest BCUT2D eigenvalue weighted by molar-refractivity contribution is 0.0696. The maximum Gasteiger partial charge on any atom is 0.335 e. The van der Waals surface area contributed by atoms with Gasteiger partial charge in [-0.15, -0.1) is 0 Å². The first kappa shape index (κ1) is 8.40. The summed E-state index contributed by atoms with van der Waals surface area (Å²) in [4.78, 5) is 11.0. The minimum Gasteiger partial charge on any atom is -0.493 e. The molecule has 0 spiro atoms. The molecular weight excluding hydrogens is 200 g/mol. The van der Waals surface area contributed by atoms with Crippen LogP contribution in [0.2, 0.25) is 0 Å². The predicted octanol–water partition coefficient (Wildman–Crippen LogP) is 1.41. The highest BCUT2D eigenvalue weighted by Crippen LogP contribution is 2.38. The molecule has 15 heavy (non-hydrogen) atoms. The normalized spacial score (nSPS) is 11.4. The Morgan fingerprint density at radius 1 is 1.20 bits per heavy atom. The smallest absolute Gasteiger partial charge is 0.335 e. The summed E-state index contributed by atoms with van der Waals surface area (Å²) in [6.45, 7) is 0. The van der Waals surface area contributed by atoms with Crippen LogP contribution < -0.4 is 14.2 Å². The zero-order valence-electron chi connectivity index (χ0n) is 10.6. The van der Waals surface area contributed by atoms with Crippen molar-refractivity contribution in [2.75, 3.05) is 21.3 Å². The lowest BCUT2D eigenvalue weighted by Gasteiger charge is -2.12. The Morgan fingerprint density at radius 2 is 1.67 bits per heavy atom. The number of carboxylic acid groups (broad SMARTS) is 1. The van der Waals surface area contributed by atoms with Gasteiger partial charge in [0, 0.05) is 0 Å². The van der Waals surface area contributed by atoms with E-state index in [1.165, 1.54) is 21.3 Å². The third-order valence-corrected chi connectivity index (χ3v) is 1.72. The van der Waals surface area contributed by atoms with Crippen LogP contribution in [0.15, 0.2) is 12.1 Å². The molecule has 0 saturated heterocycles. The minimum atomic E-state index is -1.39. The monoisotopic (exact) mass is 214 g/mol. The number of ether oxygens (including phenoxy) is 3. The minimum absolute atomic E-state index is 0.0370. The molecule has 0 aliphatic heterocycles. The number of hydrogen-bond acceptors (Lipinski definition) is 4. The molecular formula is C10H12O5. The van der Waals surface area contributed by atoms with Gasteiger partial charge in [-0.05, 0) is 12.1 Å². The Balaban J connectivity index is 3.73. The van der Waals surface area contributed by atoms with E-state index in [0.29, 0.717) is 0 Å². The third-order valence-electron chi connectivity index (χ3n) is 1.72.